The maximum absolute atomic E-state index is 5.68. The minimum Gasteiger partial charge on any atom is -0.378 e. The maximum atomic E-state index is 5.68. The van der Waals surface area contributed by atoms with Crippen molar-refractivity contribution < 1.29 is 9.57 Å². The fraction of sp³-hybridized carbons (Fsp3) is 0.258. The summed E-state index contributed by atoms with van der Waals surface area (Å²) in [5.41, 5.74) is 8.84. The number of oxime groups is 1. The summed E-state index contributed by atoms with van der Waals surface area (Å²) in [6.45, 7) is 18.6. The molecule has 0 N–H and O–H groups in total. The second-order valence-corrected chi connectivity index (χ2v) is 9.26. The van der Waals surface area contributed by atoms with Crippen molar-refractivity contribution in [1.82, 2.24) is 9.47 Å². The molecule has 0 aliphatic carbocycles. The van der Waals surface area contributed by atoms with Crippen molar-refractivity contribution in [2.75, 3.05) is 26.3 Å². The van der Waals surface area contributed by atoms with Crippen LogP contribution in [0, 0.1) is 6.92 Å². The molecule has 0 spiro atoms. The van der Waals surface area contributed by atoms with Crippen LogP contribution in [-0.4, -0.2) is 41.5 Å². The Morgan fingerprint density at radius 1 is 0.944 bits per heavy atom. The van der Waals surface area contributed by atoms with E-state index in [1.807, 2.05) is 6.92 Å². The van der Waals surface area contributed by atoms with Gasteiger partial charge in [0, 0.05) is 41.4 Å². The number of benzene rings is 3. The molecule has 3 aromatic carbocycles. The van der Waals surface area contributed by atoms with E-state index >= 15 is 0 Å². The van der Waals surface area contributed by atoms with Gasteiger partial charge in [-0.25, -0.2) is 0 Å². The van der Waals surface area contributed by atoms with Crippen LogP contribution in [0.25, 0.3) is 27.4 Å². The zero-order valence-corrected chi connectivity index (χ0v) is 21.4. The molecule has 184 valence electrons. The normalized spacial score (nSPS) is 14.4. The molecule has 1 aliphatic rings. The third-order valence-electron chi connectivity index (χ3n) is 7.07. The summed E-state index contributed by atoms with van der Waals surface area (Å²) in [6, 6.07) is 21.6. The van der Waals surface area contributed by atoms with Gasteiger partial charge in [-0.15, -0.1) is 0 Å². The summed E-state index contributed by atoms with van der Waals surface area (Å²) in [7, 11) is 0. The van der Waals surface area contributed by atoms with Gasteiger partial charge >= 0.3 is 0 Å². The predicted molar refractivity (Wildman–Crippen MR) is 149 cm³/mol. The summed E-state index contributed by atoms with van der Waals surface area (Å²) in [5.74, 6) is 0.556. The molecule has 0 saturated carbocycles. The summed E-state index contributed by atoms with van der Waals surface area (Å²) in [5, 5.41) is 6.81. The summed E-state index contributed by atoms with van der Waals surface area (Å²) in [4.78, 5) is 7.74. The third kappa shape index (κ3) is 4.42. The van der Waals surface area contributed by atoms with Gasteiger partial charge in [-0.05, 0) is 79.4 Å². The van der Waals surface area contributed by atoms with E-state index in [9.17, 15) is 0 Å². The fourth-order valence-electron chi connectivity index (χ4n) is 4.97. The van der Waals surface area contributed by atoms with Crippen LogP contribution in [0.3, 0.4) is 0 Å². The maximum Gasteiger partial charge on any atom is 0.218 e. The van der Waals surface area contributed by atoms with E-state index in [1.165, 1.54) is 32.9 Å². The fourth-order valence-corrected chi connectivity index (χ4v) is 4.97. The summed E-state index contributed by atoms with van der Waals surface area (Å²) < 4.78 is 7.76. The molecule has 0 atom stereocenters. The van der Waals surface area contributed by atoms with E-state index in [2.05, 4.69) is 102 Å². The van der Waals surface area contributed by atoms with Crippen LogP contribution in [-0.2, 0) is 16.1 Å². The first-order chi connectivity index (χ1) is 17.5. The van der Waals surface area contributed by atoms with Crippen molar-refractivity contribution >= 4 is 33.1 Å². The molecule has 5 nitrogen and oxygen atoms in total. The van der Waals surface area contributed by atoms with E-state index in [0.717, 1.165) is 42.0 Å². The van der Waals surface area contributed by atoms with E-state index in [4.69, 9.17) is 9.57 Å². The third-order valence-corrected chi connectivity index (χ3v) is 7.07. The van der Waals surface area contributed by atoms with Crippen molar-refractivity contribution in [3.63, 3.8) is 0 Å². The first-order valence-electron chi connectivity index (χ1n) is 12.5. The average Bonchev–Trinajstić information content (AvgIpc) is 3.24. The number of nitrogens with zero attached hydrogens (tertiary/aromatic N) is 3. The number of ether oxygens (including phenoxy) is 1. The lowest BCUT2D eigenvalue weighted by Gasteiger charge is -2.28. The van der Waals surface area contributed by atoms with Crippen molar-refractivity contribution in [3.05, 3.63) is 102 Å². The minimum atomic E-state index is 0.556. The SMILES string of the molecule is C=C(c1ccc2c(c1)c1cc(/C(C)=N/OC(=C)N3CCOCC3)ccc1n2CC)c1ccccc1C. The molecule has 5 heteroatoms. The molecule has 0 radical (unpaired) electrons. The average molecular weight is 480 g/mol. The molecule has 1 fully saturated rings. The van der Waals surface area contributed by atoms with Gasteiger partial charge in [-0.2, -0.15) is 0 Å². The van der Waals surface area contributed by atoms with E-state index in [1.54, 1.807) is 0 Å². The van der Waals surface area contributed by atoms with Crippen LogP contribution in [0.1, 0.15) is 36.1 Å². The summed E-state index contributed by atoms with van der Waals surface area (Å²) >= 11 is 0. The van der Waals surface area contributed by atoms with Gasteiger partial charge in [0.05, 0.1) is 18.9 Å². The zero-order chi connectivity index (χ0) is 25.2. The van der Waals surface area contributed by atoms with Crippen LogP contribution in [0.4, 0.5) is 0 Å². The highest BCUT2D eigenvalue weighted by atomic mass is 16.6. The Morgan fingerprint density at radius 2 is 1.58 bits per heavy atom. The molecule has 1 saturated heterocycles. The van der Waals surface area contributed by atoms with Gasteiger partial charge in [0.2, 0.25) is 5.88 Å². The molecule has 2 heterocycles. The Kier molecular flexibility index (Phi) is 6.66. The molecular weight excluding hydrogens is 446 g/mol. The molecule has 0 amide bonds. The molecule has 0 unspecified atom stereocenters. The molecule has 36 heavy (non-hydrogen) atoms. The molecule has 4 aromatic rings. The van der Waals surface area contributed by atoms with Crippen molar-refractivity contribution in [3.8, 4) is 0 Å². The zero-order valence-electron chi connectivity index (χ0n) is 21.4. The number of fused-ring (bicyclic) bond motifs is 3. The number of hydrogen-bond donors (Lipinski definition) is 0. The lowest BCUT2D eigenvalue weighted by molar-refractivity contribution is 0.0162. The minimum absolute atomic E-state index is 0.556. The van der Waals surface area contributed by atoms with Crippen LogP contribution in [0.5, 0.6) is 0 Å². The Bertz CT molecular complexity index is 1490. The van der Waals surface area contributed by atoms with E-state index in [-0.39, 0.29) is 0 Å². The van der Waals surface area contributed by atoms with Crippen LogP contribution in [0.15, 0.2) is 84.9 Å². The van der Waals surface area contributed by atoms with Gasteiger partial charge in [-0.1, -0.05) is 48.1 Å². The van der Waals surface area contributed by atoms with Crippen LogP contribution in [0.2, 0.25) is 0 Å². The number of morpholine rings is 1. The second-order valence-electron chi connectivity index (χ2n) is 9.26. The second kappa shape index (κ2) is 10.0. The molecule has 1 aliphatic heterocycles. The predicted octanol–water partition coefficient (Wildman–Crippen LogP) is 6.73. The topological polar surface area (TPSA) is 39.0 Å². The van der Waals surface area contributed by atoms with Crippen LogP contribution >= 0.6 is 0 Å². The lowest BCUT2D eigenvalue weighted by atomic mass is 9.94. The molecule has 1 aromatic heterocycles. The molecule has 5 rings (SSSR count). The van der Waals surface area contributed by atoms with Gasteiger partial charge in [0.15, 0.2) is 0 Å². The quantitative estimate of drug-likeness (QED) is 0.168. The number of aromatic nitrogens is 1. The highest BCUT2D eigenvalue weighted by Crippen LogP contribution is 2.34. The first-order valence-corrected chi connectivity index (χ1v) is 12.5. The molecular formula is C31H33N3O2. The smallest absolute Gasteiger partial charge is 0.218 e. The monoisotopic (exact) mass is 479 g/mol. The Hall–Kier alpha value is -3.83. The number of hydrogen-bond acceptors (Lipinski definition) is 4. The first kappa shape index (κ1) is 23.9. The van der Waals surface area contributed by atoms with Crippen molar-refractivity contribution in [2.24, 2.45) is 5.16 Å². The highest BCUT2D eigenvalue weighted by Gasteiger charge is 2.15. The van der Waals surface area contributed by atoms with Crippen molar-refractivity contribution in [2.45, 2.75) is 27.3 Å². The Labute approximate surface area is 212 Å². The number of aryl methyl sites for hydroxylation is 2. The van der Waals surface area contributed by atoms with Gasteiger partial charge in [-0.3, -0.25) is 0 Å². The van der Waals surface area contributed by atoms with Crippen molar-refractivity contribution in [1.29, 1.82) is 0 Å². The van der Waals surface area contributed by atoms with E-state index < -0.39 is 0 Å². The standard InChI is InChI=1S/C31H33N3O2/c1-6-34-30-13-11-25(22(3)27-10-8-7-9-21(27)2)19-28(30)29-20-26(12-14-31(29)34)23(4)32-36-24(5)33-15-17-35-18-16-33/h7-14,19-20H,3,5-6,15-18H2,1-2,4H3/b32-23+. The highest BCUT2D eigenvalue weighted by molar-refractivity contribution is 6.12. The van der Waals surface area contributed by atoms with Crippen LogP contribution < -0.4 is 0 Å². The summed E-state index contributed by atoms with van der Waals surface area (Å²) in [6.07, 6.45) is 0. The largest absolute Gasteiger partial charge is 0.378 e. The van der Waals surface area contributed by atoms with E-state index in [0.29, 0.717) is 19.1 Å². The number of rotatable bonds is 7. The van der Waals surface area contributed by atoms with Gasteiger partial charge < -0.3 is 19.0 Å². The van der Waals surface area contributed by atoms with Gasteiger partial charge in [0.1, 0.15) is 0 Å². The lowest BCUT2D eigenvalue weighted by Crippen LogP contribution is -2.35. The molecule has 0 bridgehead atoms. The Morgan fingerprint density at radius 3 is 2.25 bits per heavy atom. The Balaban J connectivity index is 1.51. The van der Waals surface area contributed by atoms with Gasteiger partial charge in [0.25, 0.3) is 0 Å².